The number of carbonyl (C=O) groups excluding carboxylic acids is 1. The summed E-state index contributed by atoms with van der Waals surface area (Å²) in [5, 5.41) is 3.66. The molecule has 3 aromatic rings. The fourth-order valence-electron chi connectivity index (χ4n) is 2.52. The van der Waals surface area contributed by atoms with Gasteiger partial charge in [-0.25, -0.2) is 4.98 Å². The molecule has 134 valence electrons. The van der Waals surface area contributed by atoms with E-state index in [0.717, 1.165) is 16.3 Å². The molecule has 0 aliphatic rings. The summed E-state index contributed by atoms with van der Waals surface area (Å²) in [5.41, 5.74) is 2.35. The third-order valence-electron chi connectivity index (χ3n) is 3.74. The normalized spacial score (nSPS) is 10.4. The predicted octanol–water partition coefficient (Wildman–Crippen LogP) is 4.78. The molecule has 1 aromatic heterocycles. The van der Waals surface area contributed by atoms with E-state index < -0.39 is 0 Å². The summed E-state index contributed by atoms with van der Waals surface area (Å²) in [7, 11) is 1.60. The molecule has 3 rings (SSSR count). The van der Waals surface area contributed by atoms with Crippen LogP contribution >= 0.6 is 11.3 Å². The minimum absolute atomic E-state index is 0.157. The van der Waals surface area contributed by atoms with Crippen LogP contribution in [0.1, 0.15) is 22.3 Å². The number of aryl methyl sites for hydroxylation is 1. The van der Waals surface area contributed by atoms with Crippen molar-refractivity contribution in [2.24, 2.45) is 0 Å². The van der Waals surface area contributed by atoms with Crippen molar-refractivity contribution in [1.82, 2.24) is 4.98 Å². The van der Waals surface area contributed by atoms with Gasteiger partial charge in [-0.15, -0.1) is 11.3 Å². The summed E-state index contributed by atoms with van der Waals surface area (Å²) in [5.74, 6) is 1.18. The summed E-state index contributed by atoms with van der Waals surface area (Å²) >= 11 is 1.36. The molecule has 0 radical (unpaired) electrons. The molecular weight excluding hydrogens is 348 g/mol. The number of hydrogen-bond acceptors (Lipinski definition) is 5. The smallest absolute Gasteiger partial charge is 0.267 e. The van der Waals surface area contributed by atoms with E-state index in [4.69, 9.17) is 9.47 Å². The molecule has 0 aliphatic carbocycles. The van der Waals surface area contributed by atoms with Crippen molar-refractivity contribution in [2.75, 3.05) is 19.0 Å². The van der Waals surface area contributed by atoms with E-state index in [2.05, 4.69) is 10.3 Å². The van der Waals surface area contributed by atoms with Gasteiger partial charge in [0.2, 0.25) is 0 Å². The molecule has 5 nitrogen and oxygen atoms in total. The quantitative estimate of drug-likeness (QED) is 0.680. The Morgan fingerprint density at radius 2 is 1.92 bits per heavy atom. The zero-order valence-corrected chi connectivity index (χ0v) is 15.7. The molecular formula is C20H20N2O3S. The number of thiazole rings is 1. The number of para-hydroxylation sites is 1. The van der Waals surface area contributed by atoms with Gasteiger partial charge >= 0.3 is 0 Å². The Morgan fingerprint density at radius 3 is 2.62 bits per heavy atom. The monoisotopic (exact) mass is 368 g/mol. The molecule has 0 saturated heterocycles. The minimum Gasteiger partial charge on any atom is -0.493 e. The molecule has 0 saturated carbocycles. The number of methoxy groups -OCH3 is 1. The second kappa shape index (κ2) is 8.01. The molecule has 1 heterocycles. The van der Waals surface area contributed by atoms with Gasteiger partial charge < -0.3 is 14.8 Å². The Labute approximate surface area is 156 Å². The lowest BCUT2D eigenvalue weighted by atomic mass is 10.2. The minimum atomic E-state index is -0.157. The van der Waals surface area contributed by atoms with Crippen LogP contribution in [0.5, 0.6) is 11.5 Å². The number of rotatable bonds is 6. The molecule has 0 fully saturated rings. The van der Waals surface area contributed by atoms with Crippen LogP contribution in [0.15, 0.2) is 48.5 Å². The third-order valence-corrected chi connectivity index (χ3v) is 4.95. The number of nitrogens with one attached hydrogen (secondary N) is 1. The second-order valence-corrected chi connectivity index (χ2v) is 6.55. The van der Waals surface area contributed by atoms with Crippen molar-refractivity contribution < 1.29 is 14.3 Å². The predicted molar refractivity (Wildman–Crippen MR) is 104 cm³/mol. The lowest BCUT2D eigenvalue weighted by Gasteiger charge is -2.09. The Kier molecular flexibility index (Phi) is 5.53. The van der Waals surface area contributed by atoms with Crippen LogP contribution in [0.3, 0.4) is 0 Å². The highest BCUT2D eigenvalue weighted by molar-refractivity contribution is 7.17. The fourth-order valence-corrected chi connectivity index (χ4v) is 3.47. The third kappa shape index (κ3) is 3.86. The molecule has 0 bridgehead atoms. The first-order valence-corrected chi connectivity index (χ1v) is 9.09. The van der Waals surface area contributed by atoms with Gasteiger partial charge in [0.15, 0.2) is 11.5 Å². The van der Waals surface area contributed by atoms with Crippen LogP contribution in [-0.4, -0.2) is 24.6 Å². The average molecular weight is 368 g/mol. The van der Waals surface area contributed by atoms with Gasteiger partial charge in [0.1, 0.15) is 9.88 Å². The molecule has 0 unspecified atom stereocenters. The first kappa shape index (κ1) is 17.9. The van der Waals surface area contributed by atoms with Gasteiger partial charge in [-0.2, -0.15) is 0 Å². The SMILES string of the molecule is CCOc1ccc(-c2nc(C)c(C(=O)Nc3ccccc3)s2)cc1OC. The lowest BCUT2D eigenvalue weighted by Crippen LogP contribution is -2.11. The number of benzene rings is 2. The summed E-state index contributed by atoms with van der Waals surface area (Å²) in [6, 6.07) is 15.0. The number of aromatic nitrogens is 1. The zero-order valence-electron chi connectivity index (χ0n) is 14.9. The zero-order chi connectivity index (χ0) is 18.5. The number of hydrogen-bond donors (Lipinski definition) is 1. The van der Waals surface area contributed by atoms with Crippen LogP contribution in [0, 0.1) is 6.92 Å². The van der Waals surface area contributed by atoms with Crippen LogP contribution in [0.25, 0.3) is 10.6 Å². The van der Waals surface area contributed by atoms with E-state index >= 15 is 0 Å². The fraction of sp³-hybridized carbons (Fsp3) is 0.200. The van der Waals surface area contributed by atoms with Crippen LogP contribution in [0.2, 0.25) is 0 Å². The second-order valence-electron chi connectivity index (χ2n) is 5.55. The topological polar surface area (TPSA) is 60.5 Å². The number of ether oxygens (including phenoxy) is 2. The van der Waals surface area contributed by atoms with Gasteiger partial charge in [-0.05, 0) is 44.2 Å². The average Bonchev–Trinajstić information content (AvgIpc) is 3.05. The Balaban J connectivity index is 1.87. The van der Waals surface area contributed by atoms with Crippen molar-refractivity contribution in [3.05, 3.63) is 59.1 Å². The first-order valence-electron chi connectivity index (χ1n) is 8.27. The van der Waals surface area contributed by atoms with Crippen LogP contribution in [0.4, 0.5) is 5.69 Å². The Morgan fingerprint density at radius 1 is 1.15 bits per heavy atom. The van der Waals surface area contributed by atoms with Gasteiger partial charge in [-0.3, -0.25) is 4.79 Å². The molecule has 2 aromatic carbocycles. The van der Waals surface area contributed by atoms with E-state index in [0.29, 0.717) is 28.7 Å². The van der Waals surface area contributed by atoms with Crippen molar-refractivity contribution in [3.63, 3.8) is 0 Å². The molecule has 0 aliphatic heterocycles. The molecule has 1 amide bonds. The lowest BCUT2D eigenvalue weighted by molar-refractivity contribution is 0.103. The van der Waals surface area contributed by atoms with E-state index in [-0.39, 0.29) is 5.91 Å². The van der Waals surface area contributed by atoms with Crippen molar-refractivity contribution >= 4 is 22.9 Å². The summed E-state index contributed by atoms with van der Waals surface area (Å²) < 4.78 is 10.9. The molecule has 26 heavy (non-hydrogen) atoms. The highest BCUT2D eigenvalue weighted by Gasteiger charge is 2.17. The summed E-state index contributed by atoms with van der Waals surface area (Å²) in [6.07, 6.45) is 0. The number of carbonyl (C=O) groups is 1. The highest BCUT2D eigenvalue weighted by Crippen LogP contribution is 2.35. The summed E-state index contributed by atoms with van der Waals surface area (Å²) in [6.45, 7) is 4.33. The summed E-state index contributed by atoms with van der Waals surface area (Å²) in [4.78, 5) is 17.7. The van der Waals surface area contributed by atoms with E-state index in [1.807, 2.05) is 62.4 Å². The maximum Gasteiger partial charge on any atom is 0.267 e. The molecule has 6 heteroatoms. The van der Waals surface area contributed by atoms with Crippen LogP contribution in [-0.2, 0) is 0 Å². The van der Waals surface area contributed by atoms with E-state index in [1.165, 1.54) is 11.3 Å². The van der Waals surface area contributed by atoms with Gasteiger partial charge in [0, 0.05) is 11.3 Å². The van der Waals surface area contributed by atoms with Crippen LogP contribution < -0.4 is 14.8 Å². The highest BCUT2D eigenvalue weighted by atomic mass is 32.1. The standard InChI is InChI=1S/C20H20N2O3S/c1-4-25-16-11-10-14(12-17(16)24-3)20-21-13(2)18(26-20)19(23)22-15-8-6-5-7-9-15/h5-12H,4H2,1-3H3,(H,22,23). The Hall–Kier alpha value is -2.86. The van der Waals surface area contributed by atoms with Crippen molar-refractivity contribution in [2.45, 2.75) is 13.8 Å². The maximum atomic E-state index is 12.6. The largest absolute Gasteiger partial charge is 0.493 e. The van der Waals surface area contributed by atoms with E-state index in [9.17, 15) is 4.79 Å². The maximum absolute atomic E-state index is 12.6. The number of anilines is 1. The van der Waals surface area contributed by atoms with Gasteiger partial charge in [0.25, 0.3) is 5.91 Å². The molecule has 0 atom stereocenters. The number of amides is 1. The van der Waals surface area contributed by atoms with Crippen molar-refractivity contribution in [3.8, 4) is 22.1 Å². The molecule has 1 N–H and O–H groups in total. The van der Waals surface area contributed by atoms with E-state index in [1.54, 1.807) is 7.11 Å². The Bertz CT molecular complexity index is 907. The first-order chi connectivity index (χ1) is 12.6. The van der Waals surface area contributed by atoms with Gasteiger partial charge in [-0.1, -0.05) is 18.2 Å². The van der Waals surface area contributed by atoms with Gasteiger partial charge in [0.05, 0.1) is 19.4 Å². The van der Waals surface area contributed by atoms with Crippen molar-refractivity contribution in [1.29, 1.82) is 0 Å². The molecule has 0 spiro atoms. The number of nitrogens with zero attached hydrogens (tertiary/aromatic N) is 1.